The van der Waals surface area contributed by atoms with Crippen LogP contribution in [-0.4, -0.2) is 15.0 Å². The second-order valence-electron chi connectivity index (χ2n) is 2.78. The molecule has 0 aromatic carbocycles. The van der Waals surface area contributed by atoms with E-state index in [1.165, 1.54) is 6.07 Å². The quantitative estimate of drug-likeness (QED) is 0.685. The minimum Gasteiger partial charge on any atom is -0.384 e. The van der Waals surface area contributed by atoms with Crippen LogP contribution >= 0.6 is 0 Å². The van der Waals surface area contributed by atoms with E-state index in [-0.39, 0.29) is 0 Å². The standard InChI is InChI=1S/C9H9N5/c10-7-5-8(11)14-9(13-7)6-1-3-12-4-2-6/h1-5H,(H4,10,11,13,14). The molecule has 70 valence electrons. The first-order valence-electron chi connectivity index (χ1n) is 4.06. The molecule has 0 aliphatic carbocycles. The average molecular weight is 187 g/mol. The lowest BCUT2D eigenvalue weighted by Gasteiger charge is -2.01. The predicted octanol–water partition coefficient (Wildman–Crippen LogP) is 0.703. The molecule has 2 rings (SSSR count). The lowest BCUT2D eigenvalue weighted by Crippen LogP contribution is -1.99. The lowest BCUT2D eigenvalue weighted by molar-refractivity contribution is 1.18. The van der Waals surface area contributed by atoms with Crippen molar-refractivity contribution in [3.05, 3.63) is 30.6 Å². The highest BCUT2D eigenvalue weighted by molar-refractivity contribution is 5.58. The zero-order chi connectivity index (χ0) is 9.97. The molecule has 0 atom stereocenters. The molecule has 0 saturated heterocycles. The van der Waals surface area contributed by atoms with Crippen molar-refractivity contribution in [2.75, 3.05) is 11.5 Å². The van der Waals surface area contributed by atoms with Gasteiger partial charge in [0.1, 0.15) is 11.6 Å². The summed E-state index contributed by atoms with van der Waals surface area (Å²) < 4.78 is 0. The highest BCUT2D eigenvalue weighted by Gasteiger charge is 2.02. The number of nitrogens with zero attached hydrogens (tertiary/aromatic N) is 3. The molecule has 0 saturated carbocycles. The monoisotopic (exact) mass is 187 g/mol. The molecular formula is C9H9N5. The van der Waals surface area contributed by atoms with Crippen LogP contribution in [0.3, 0.4) is 0 Å². The smallest absolute Gasteiger partial charge is 0.163 e. The third-order valence-corrected chi connectivity index (χ3v) is 1.70. The van der Waals surface area contributed by atoms with Crippen LogP contribution in [-0.2, 0) is 0 Å². The molecule has 0 fully saturated rings. The van der Waals surface area contributed by atoms with Crippen molar-refractivity contribution in [2.45, 2.75) is 0 Å². The average Bonchev–Trinajstić information content (AvgIpc) is 2.18. The highest BCUT2D eigenvalue weighted by atomic mass is 15.0. The zero-order valence-electron chi connectivity index (χ0n) is 7.38. The summed E-state index contributed by atoms with van der Waals surface area (Å²) in [6, 6.07) is 5.12. The van der Waals surface area contributed by atoms with Gasteiger partial charge in [0.25, 0.3) is 0 Å². The molecule has 0 unspecified atom stereocenters. The maximum absolute atomic E-state index is 5.55. The van der Waals surface area contributed by atoms with Crippen LogP contribution in [0.1, 0.15) is 0 Å². The van der Waals surface area contributed by atoms with Gasteiger partial charge in [0.15, 0.2) is 5.82 Å². The molecule has 5 heteroatoms. The van der Waals surface area contributed by atoms with Crippen molar-refractivity contribution in [2.24, 2.45) is 0 Å². The number of rotatable bonds is 1. The second kappa shape index (κ2) is 3.29. The Balaban J connectivity index is 2.52. The highest BCUT2D eigenvalue weighted by Crippen LogP contribution is 2.15. The first-order chi connectivity index (χ1) is 6.75. The van der Waals surface area contributed by atoms with Gasteiger partial charge in [-0.3, -0.25) is 4.98 Å². The van der Waals surface area contributed by atoms with Gasteiger partial charge in [-0.25, -0.2) is 9.97 Å². The molecule has 4 N–H and O–H groups in total. The van der Waals surface area contributed by atoms with Gasteiger partial charge in [0, 0.05) is 24.0 Å². The van der Waals surface area contributed by atoms with E-state index in [1.807, 2.05) is 0 Å². The Hall–Kier alpha value is -2.17. The topological polar surface area (TPSA) is 90.7 Å². The molecule has 0 radical (unpaired) electrons. The predicted molar refractivity (Wildman–Crippen MR) is 54.1 cm³/mol. The van der Waals surface area contributed by atoms with Crippen LogP contribution in [0.5, 0.6) is 0 Å². The lowest BCUT2D eigenvalue weighted by atomic mass is 10.2. The number of anilines is 2. The Morgan fingerprint density at radius 1 is 0.929 bits per heavy atom. The van der Waals surface area contributed by atoms with E-state index in [0.29, 0.717) is 17.5 Å². The summed E-state index contributed by atoms with van der Waals surface area (Å²) >= 11 is 0. The Labute approximate surface area is 80.8 Å². The number of nitrogens with two attached hydrogens (primary N) is 2. The Bertz CT molecular complexity index is 420. The van der Waals surface area contributed by atoms with E-state index in [2.05, 4.69) is 15.0 Å². The molecule has 2 aromatic heterocycles. The van der Waals surface area contributed by atoms with Crippen LogP contribution in [0, 0.1) is 0 Å². The maximum Gasteiger partial charge on any atom is 0.163 e. The Morgan fingerprint density at radius 3 is 2.07 bits per heavy atom. The van der Waals surface area contributed by atoms with Crippen molar-refractivity contribution in [3.8, 4) is 11.4 Å². The van der Waals surface area contributed by atoms with E-state index in [4.69, 9.17) is 11.5 Å². The number of nitrogen functional groups attached to an aromatic ring is 2. The number of pyridine rings is 1. The van der Waals surface area contributed by atoms with Crippen molar-refractivity contribution >= 4 is 11.6 Å². The van der Waals surface area contributed by atoms with E-state index in [1.54, 1.807) is 24.5 Å². The van der Waals surface area contributed by atoms with Gasteiger partial charge in [0.2, 0.25) is 0 Å². The van der Waals surface area contributed by atoms with Crippen LogP contribution in [0.4, 0.5) is 11.6 Å². The molecule has 0 spiro atoms. The molecule has 5 nitrogen and oxygen atoms in total. The summed E-state index contributed by atoms with van der Waals surface area (Å²) in [6.07, 6.45) is 3.33. The normalized spacial score (nSPS) is 10.0. The van der Waals surface area contributed by atoms with E-state index >= 15 is 0 Å². The third-order valence-electron chi connectivity index (χ3n) is 1.70. The number of hydrogen-bond acceptors (Lipinski definition) is 5. The van der Waals surface area contributed by atoms with Gasteiger partial charge < -0.3 is 11.5 Å². The van der Waals surface area contributed by atoms with Crippen molar-refractivity contribution in [1.29, 1.82) is 0 Å². The number of hydrogen-bond donors (Lipinski definition) is 2. The summed E-state index contributed by atoms with van der Waals surface area (Å²) in [7, 11) is 0. The fraction of sp³-hybridized carbons (Fsp3) is 0. The second-order valence-corrected chi connectivity index (χ2v) is 2.78. The van der Waals surface area contributed by atoms with Crippen LogP contribution in [0.25, 0.3) is 11.4 Å². The SMILES string of the molecule is Nc1cc(N)nc(-c2ccncc2)n1. The van der Waals surface area contributed by atoms with Crippen LogP contribution < -0.4 is 11.5 Å². The molecule has 2 aromatic rings. The molecule has 0 aliphatic heterocycles. The summed E-state index contributed by atoms with van der Waals surface area (Å²) in [4.78, 5) is 12.0. The minimum atomic E-state index is 0.365. The summed E-state index contributed by atoms with van der Waals surface area (Å²) in [5, 5.41) is 0. The maximum atomic E-state index is 5.55. The summed E-state index contributed by atoms with van der Waals surface area (Å²) in [5.74, 6) is 1.25. The van der Waals surface area contributed by atoms with Gasteiger partial charge in [-0.1, -0.05) is 0 Å². The Kier molecular flexibility index (Phi) is 1.98. The largest absolute Gasteiger partial charge is 0.384 e. The molecule has 0 bridgehead atoms. The molecular weight excluding hydrogens is 178 g/mol. The van der Waals surface area contributed by atoms with Crippen molar-refractivity contribution < 1.29 is 0 Å². The molecule has 14 heavy (non-hydrogen) atoms. The molecule has 0 amide bonds. The van der Waals surface area contributed by atoms with Gasteiger partial charge in [-0.05, 0) is 12.1 Å². The van der Waals surface area contributed by atoms with E-state index < -0.39 is 0 Å². The summed E-state index contributed by atoms with van der Waals surface area (Å²) in [5.41, 5.74) is 11.9. The zero-order valence-corrected chi connectivity index (χ0v) is 7.38. The van der Waals surface area contributed by atoms with E-state index in [9.17, 15) is 0 Å². The first kappa shape index (κ1) is 8.43. The first-order valence-corrected chi connectivity index (χ1v) is 4.06. The van der Waals surface area contributed by atoms with Crippen LogP contribution in [0.2, 0.25) is 0 Å². The Morgan fingerprint density at radius 2 is 1.50 bits per heavy atom. The number of aromatic nitrogens is 3. The fourth-order valence-corrected chi connectivity index (χ4v) is 1.12. The van der Waals surface area contributed by atoms with Gasteiger partial charge in [0.05, 0.1) is 0 Å². The van der Waals surface area contributed by atoms with Gasteiger partial charge >= 0.3 is 0 Å². The van der Waals surface area contributed by atoms with E-state index in [0.717, 1.165) is 5.56 Å². The molecule has 0 aliphatic rings. The molecule has 2 heterocycles. The van der Waals surface area contributed by atoms with Crippen LogP contribution in [0.15, 0.2) is 30.6 Å². The van der Waals surface area contributed by atoms with Gasteiger partial charge in [-0.15, -0.1) is 0 Å². The minimum absolute atomic E-state index is 0.365. The van der Waals surface area contributed by atoms with Crippen molar-refractivity contribution in [1.82, 2.24) is 15.0 Å². The van der Waals surface area contributed by atoms with Gasteiger partial charge in [-0.2, -0.15) is 0 Å². The third kappa shape index (κ3) is 1.61. The van der Waals surface area contributed by atoms with Crippen molar-refractivity contribution in [3.63, 3.8) is 0 Å². The fourth-order valence-electron chi connectivity index (χ4n) is 1.12. The summed E-state index contributed by atoms with van der Waals surface area (Å²) in [6.45, 7) is 0.